The SMILES string of the molecule is C=CC[C@@]1(C(=O)OCCCC)CC=CCO1. The van der Waals surface area contributed by atoms with Gasteiger partial charge < -0.3 is 9.47 Å². The molecule has 0 unspecified atom stereocenters. The average molecular weight is 224 g/mol. The number of rotatable bonds is 6. The van der Waals surface area contributed by atoms with Gasteiger partial charge in [-0.1, -0.05) is 31.6 Å². The summed E-state index contributed by atoms with van der Waals surface area (Å²) in [6.45, 7) is 6.67. The van der Waals surface area contributed by atoms with Crippen molar-refractivity contribution in [3.63, 3.8) is 0 Å². The number of carbonyl (C=O) groups is 1. The number of esters is 1. The van der Waals surface area contributed by atoms with Crippen LogP contribution in [0.2, 0.25) is 0 Å². The number of carbonyl (C=O) groups excluding carboxylic acids is 1. The smallest absolute Gasteiger partial charge is 0.339 e. The van der Waals surface area contributed by atoms with Gasteiger partial charge in [0, 0.05) is 12.8 Å². The van der Waals surface area contributed by atoms with E-state index in [1.165, 1.54) is 0 Å². The maximum Gasteiger partial charge on any atom is 0.339 e. The van der Waals surface area contributed by atoms with Gasteiger partial charge in [0.05, 0.1) is 13.2 Å². The quantitative estimate of drug-likeness (QED) is 0.395. The Morgan fingerprint density at radius 2 is 2.44 bits per heavy atom. The van der Waals surface area contributed by atoms with Crippen LogP contribution in [0.15, 0.2) is 24.8 Å². The maximum atomic E-state index is 12.0. The molecule has 3 heteroatoms. The zero-order chi connectivity index (χ0) is 11.9. The fourth-order valence-electron chi connectivity index (χ4n) is 1.65. The third kappa shape index (κ3) is 3.20. The first kappa shape index (κ1) is 13.0. The van der Waals surface area contributed by atoms with Crippen LogP contribution in [0.5, 0.6) is 0 Å². The molecular formula is C13H20O3. The van der Waals surface area contributed by atoms with Crippen molar-refractivity contribution in [2.45, 2.75) is 38.2 Å². The summed E-state index contributed by atoms with van der Waals surface area (Å²) in [5.41, 5.74) is -0.829. The van der Waals surface area contributed by atoms with Crippen molar-refractivity contribution in [2.24, 2.45) is 0 Å². The summed E-state index contributed by atoms with van der Waals surface area (Å²) in [5.74, 6) is -0.259. The molecule has 0 saturated heterocycles. The molecule has 0 fully saturated rings. The fraction of sp³-hybridized carbons (Fsp3) is 0.615. The van der Waals surface area contributed by atoms with Gasteiger partial charge in [-0.2, -0.15) is 0 Å². The Morgan fingerprint density at radius 1 is 1.62 bits per heavy atom. The van der Waals surface area contributed by atoms with Gasteiger partial charge in [0.25, 0.3) is 0 Å². The van der Waals surface area contributed by atoms with Crippen LogP contribution in [0.1, 0.15) is 32.6 Å². The molecule has 0 radical (unpaired) electrons. The lowest BCUT2D eigenvalue weighted by atomic mass is 9.93. The molecular weight excluding hydrogens is 204 g/mol. The molecule has 0 bridgehead atoms. The van der Waals surface area contributed by atoms with Gasteiger partial charge in [0.2, 0.25) is 0 Å². The van der Waals surface area contributed by atoms with Crippen molar-refractivity contribution in [1.29, 1.82) is 0 Å². The third-order valence-electron chi connectivity index (χ3n) is 2.65. The molecule has 0 aromatic rings. The van der Waals surface area contributed by atoms with Crippen LogP contribution in [0.4, 0.5) is 0 Å². The first-order chi connectivity index (χ1) is 7.75. The molecule has 0 aliphatic carbocycles. The summed E-state index contributed by atoms with van der Waals surface area (Å²) in [7, 11) is 0. The molecule has 0 aromatic heterocycles. The van der Waals surface area contributed by atoms with Gasteiger partial charge in [0.15, 0.2) is 5.60 Å². The zero-order valence-electron chi connectivity index (χ0n) is 9.91. The lowest BCUT2D eigenvalue weighted by Crippen LogP contribution is -2.44. The largest absolute Gasteiger partial charge is 0.464 e. The van der Waals surface area contributed by atoms with Gasteiger partial charge in [0.1, 0.15) is 0 Å². The van der Waals surface area contributed by atoms with E-state index in [4.69, 9.17) is 9.47 Å². The standard InChI is InChI=1S/C13H20O3/c1-3-5-10-15-12(14)13(8-4-2)9-6-7-11-16-13/h4,6-7H,2-3,5,8-11H2,1H3/t13-/m0/s1. The van der Waals surface area contributed by atoms with E-state index in [0.717, 1.165) is 12.8 Å². The molecule has 1 aliphatic rings. The highest BCUT2D eigenvalue weighted by atomic mass is 16.6. The van der Waals surface area contributed by atoms with Crippen LogP contribution >= 0.6 is 0 Å². The summed E-state index contributed by atoms with van der Waals surface area (Å²) >= 11 is 0. The third-order valence-corrected chi connectivity index (χ3v) is 2.65. The van der Waals surface area contributed by atoms with E-state index in [-0.39, 0.29) is 5.97 Å². The first-order valence-corrected chi connectivity index (χ1v) is 5.82. The van der Waals surface area contributed by atoms with Crippen molar-refractivity contribution in [1.82, 2.24) is 0 Å². The summed E-state index contributed by atoms with van der Waals surface area (Å²) in [6, 6.07) is 0. The van der Waals surface area contributed by atoms with Crippen LogP contribution in [0.3, 0.4) is 0 Å². The monoisotopic (exact) mass is 224 g/mol. The predicted molar refractivity (Wildman–Crippen MR) is 63.1 cm³/mol. The number of ether oxygens (including phenoxy) is 2. The topological polar surface area (TPSA) is 35.5 Å². The van der Waals surface area contributed by atoms with Crippen LogP contribution < -0.4 is 0 Å². The van der Waals surface area contributed by atoms with Crippen molar-refractivity contribution in [3.05, 3.63) is 24.8 Å². The highest BCUT2D eigenvalue weighted by molar-refractivity contribution is 5.80. The molecule has 0 spiro atoms. The number of hydrogen-bond donors (Lipinski definition) is 0. The highest BCUT2D eigenvalue weighted by Crippen LogP contribution is 2.27. The summed E-state index contributed by atoms with van der Waals surface area (Å²) < 4.78 is 10.8. The first-order valence-electron chi connectivity index (χ1n) is 5.82. The van der Waals surface area contributed by atoms with Gasteiger partial charge in [-0.3, -0.25) is 0 Å². The molecule has 0 amide bonds. The second kappa shape index (κ2) is 6.48. The van der Waals surface area contributed by atoms with Crippen LogP contribution in [0.25, 0.3) is 0 Å². The normalized spacial score (nSPS) is 24.1. The highest BCUT2D eigenvalue weighted by Gasteiger charge is 2.40. The summed E-state index contributed by atoms with van der Waals surface area (Å²) in [6.07, 6.45) is 8.58. The van der Waals surface area contributed by atoms with Crippen molar-refractivity contribution < 1.29 is 14.3 Å². The molecule has 1 heterocycles. The van der Waals surface area contributed by atoms with E-state index in [2.05, 4.69) is 13.5 Å². The summed E-state index contributed by atoms with van der Waals surface area (Å²) in [4.78, 5) is 12.0. The van der Waals surface area contributed by atoms with Gasteiger partial charge >= 0.3 is 5.97 Å². The minimum atomic E-state index is -0.829. The molecule has 1 rings (SSSR count). The number of unbranched alkanes of at least 4 members (excludes halogenated alkanes) is 1. The van der Waals surface area contributed by atoms with Crippen LogP contribution in [0, 0.1) is 0 Å². The van der Waals surface area contributed by atoms with Gasteiger partial charge in [-0.25, -0.2) is 4.79 Å². The molecule has 3 nitrogen and oxygen atoms in total. The minimum Gasteiger partial charge on any atom is -0.464 e. The molecule has 0 saturated carbocycles. The Labute approximate surface area is 97.1 Å². The molecule has 1 atom stereocenters. The fourth-order valence-corrected chi connectivity index (χ4v) is 1.65. The van der Waals surface area contributed by atoms with Crippen LogP contribution in [-0.2, 0) is 14.3 Å². The Hall–Kier alpha value is -1.09. The minimum absolute atomic E-state index is 0.259. The average Bonchev–Trinajstić information content (AvgIpc) is 2.31. The van der Waals surface area contributed by atoms with Crippen molar-refractivity contribution >= 4 is 5.97 Å². The molecule has 90 valence electrons. The predicted octanol–water partition coefficient (Wildman–Crippen LogP) is 2.62. The maximum absolute atomic E-state index is 12.0. The zero-order valence-corrected chi connectivity index (χ0v) is 9.91. The van der Waals surface area contributed by atoms with E-state index < -0.39 is 5.60 Å². The van der Waals surface area contributed by atoms with Crippen LogP contribution in [-0.4, -0.2) is 24.8 Å². The Kier molecular flexibility index (Phi) is 5.26. The van der Waals surface area contributed by atoms with E-state index in [9.17, 15) is 4.79 Å². The second-order valence-corrected chi connectivity index (χ2v) is 3.96. The Morgan fingerprint density at radius 3 is 3.00 bits per heavy atom. The van der Waals surface area contributed by atoms with E-state index in [1.807, 2.05) is 12.2 Å². The molecule has 1 aliphatic heterocycles. The van der Waals surface area contributed by atoms with Crippen molar-refractivity contribution in [2.75, 3.05) is 13.2 Å². The lowest BCUT2D eigenvalue weighted by molar-refractivity contribution is -0.172. The molecule has 0 N–H and O–H groups in total. The van der Waals surface area contributed by atoms with Gasteiger partial charge in [-0.15, -0.1) is 6.58 Å². The van der Waals surface area contributed by atoms with Gasteiger partial charge in [-0.05, 0) is 6.42 Å². The van der Waals surface area contributed by atoms with E-state index in [0.29, 0.717) is 26.1 Å². The molecule has 16 heavy (non-hydrogen) atoms. The lowest BCUT2D eigenvalue weighted by Gasteiger charge is -2.31. The second-order valence-electron chi connectivity index (χ2n) is 3.96. The van der Waals surface area contributed by atoms with Crippen molar-refractivity contribution in [3.8, 4) is 0 Å². The Balaban J connectivity index is 2.58. The summed E-state index contributed by atoms with van der Waals surface area (Å²) in [5, 5.41) is 0. The van der Waals surface area contributed by atoms with E-state index in [1.54, 1.807) is 6.08 Å². The van der Waals surface area contributed by atoms with E-state index >= 15 is 0 Å². The molecule has 0 aromatic carbocycles. The number of hydrogen-bond acceptors (Lipinski definition) is 3. The Bertz CT molecular complexity index is 270.